The summed E-state index contributed by atoms with van der Waals surface area (Å²) in [7, 11) is 0. The molecule has 2 N–H and O–H groups in total. The molecule has 102 valence electrons. The minimum atomic E-state index is 0.0282. The number of hydrogen-bond acceptors (Lipinski definition) is 3. The van der Waals surface area contributed by atoms with E-state index in [1.54, 1.807) is 11.3 Å². The van der Waals surface area contributed by atoms with Gasteiger partial charge in [-0.1, -0.05) is 45.0 Å². The number of aromatic nitrogens is 1. The number of nitrogens with zero attached hydrogens (tertiary/aromatic N) is 1. The molecule has 1 heterocycles. The maximum absolute atomic E-state index is 6.11. The van der Waals surface area contributed by atoms with Crippen molar-refractivity contribution < 1.29 is 0 Å². The fraction of sp³-hybridized carbons (Fsp3) is 0.438. The first-order valence-corrected chi connectivity index (χ1v) is 7.45. The van der Waals surface area contributed by atoms with E-state index in [1.807, 2.05) is 6.92 Å². The molecule has 0 aliphatic heterocycles. The zero-order chi connectivity index (χ0) is 14.2. The lowest BCUT2D eigenvalue weighted by Gasteiger charge is -2.18. The number of rotatable bonds is 2. The number of benzene rings is 1. The number of hydrogen-bond donors (Lipinski definition) is 1. The molecule has 0 fully saturated rings. The Labute approximate surface area is 119 Å². The Morgan fingerprint density at radius 3 is 2.32 bits per heavy atom. The summed E-state index contributed by atoms with van der Waals surface area (Å²) in [5, 5.41) is 1.08. The fourth-order valence-corrected chi connectivity index (χ4v) is 3.42. The summed E-state index contributed by atoms with van der Waals surface area (Å²) < 4.78 is 0. The van der Waals surface area contributed by atoms with Gasteiger partial charge < -0.3 is 5.73 Å². The zero-order valence-corrected chi connectivity index (χ0v) is 13.1. The highest BCUT2D eigenvalue weighted by Gasteiger charge is 2.25. The van der Waals surface area contributed by atoms with Crippen molar-refractivity contribution in [1.82, 2.24) is 4.98 Å². The molecule has 2 aromatic rings. The van der Waals surface area contributed by atoms with Crippen molar-refractivity contribution in [2.45, 2.75) is 46.1 Å². The highest BCUT2D eigenvalue weighted by Crippen LogP contribution is 2.37. The van der Waals surface area contributed by atoms with Crippen LogP contribution in [0.1, 0.15) is 49.9 Å². The lowest BCUT2D eigenvalue weighted by Crippen LogP contribution is -2.17. The molecule has 2 nitrogen and oxygen atoms in total. The first-order valence-electron chi connectivity index (χ1n) is 6.63. The predicted molar refractivity (Wildman–Crippen MR) is 83.6 cm³/mol. The predicted octanol–water partition coefficient (Wildman–Crippen LogP) is 4.44. The van der Waals surface area contributed by atoms with Gasteiger partial charge in [0.2, 0.25) is 0 Å². The molecular weight excluding hydrogens is 252 g/mol. The third kappa shape index (κ3) is 2.88. The molecule has 0 spiro atoms. The van der Waals surface area contributed by atoms with E-state index in [2.05, 4.69) is 52.0 Å². The molecule has 1 atom stereocenters. The van der Waals surface area contributed by atoms with E-state index in [0.29, 0.717) is 0 Å². The molecule has 0 bridgehead atoms. The second-order valence-corrected chi connectivity index (χ2v) is 7.12. The van der Waals surface area contributed by atoms with Crippen molar-refractivity contribution in [2.75, 3.05) is 0 Å². The van der Waals surface area contributed by atoms with E-state index >= 15 is 0 Å². The van der Waals surface area contributed by atoms with Crippen LogP contribution < -0.4 is 5.73 Å². The maximum Gasteiger partial charge on any atom is 0.124 e. The van der Waals surface area contributed by atoms with Crippen molar-refractivity contribution >= 4 is 11.3 Å². The van der Waals surface area contributed by atoms with Crippen LogP contribution in [0.2, 0.25) is 0 Å². The second kappa shape index (κ2) is 5.06. The third-order valence-electron chi connectivity index (χ3n) is 3.15. The van der Waals surface area contributed by atoms with Crippen LogP contribution in [-0.4, -0.2) is 4.98 Å². The summed E-state index contributed by atoms with van der Waals surface area (Å²) in [5.74, 6) is 0. The van der Waals surface area contributed by atoms with Gasteiger partial charge in [0.05, 0.1) is 5.69 Å². The van der Waals surface area contributed by atoms with Gasteiger partial charge in [0.15, 0.2) is 0 Å². The Morgan fingerprint density at radius 2 is 1.84 bits per heavy atom. The maximum atomic E-state index is 6.11. The van der Waals surface area contributed by atoms with Crippen molar-refractivity contribution in [2.24, 2.45) is 5.73 Å². The second-order valence-electron chi connectivity index (χ2n) is 6.09. The van der Waals surface area contributed by atoms with Gasteiger partial charge in [-0.15, -0.1) is 11.3 Å². The van der Waals surface area contributed by atoms with Gasteiger partial charge in [0.1, 0.15) is 5.01 Å². The van der Waals surface area contributed by atoms with Gasteiger partial charge in [-0.2, -0.15) is 0 Å². The van der Waals surface area contributed by atoms with Crippen LogP contribution in [0.15, 0.2) is 24.3 Å². The van der Waals surface area contributed by atoms with Crippen molar-refractivity contribution in [1.29, 1.82) is 0 Å². The van der Waals surface area contributed by atoms with E-state index in [9.17, 15) is 0 Å². The molecule has 0 aliphatic rings. The summed E-state index contributed by atoms with van der Waals surface area (Å²) in [6, 6.07) is 8.41. The topological polar surface area (TPSA) is 38.9 Å². The standard InChI is InChI=1S/C16H22N2S/c1-10-8-6-7-9-12(10)15-18-14(16(3,4)5)13(19-15)11(2)17/h6-9,11H,17H2,1-5H3. The Kier molecular flexibility index (Phi) is 3.79. The van der Waals surface area contributed by atoms with E-state index in [4.69, 9.17) is 10.7 Å². The zero-order valence-electron chi connectivity index (χ0n) is 12.3. The average Bonchev–Trinajstić information content (AvgIpc) is 2.74. The summed E-state index contributed by atoms with van der Waals surface area (Å²) in [6.07, 6.45) is 0. The minimum Gasteiger partial charge on any atom is -0.323 e. The first kappa shape index (κ1) is 14.2. The summed E-state index contributed by atoms with van der Waals surface area (Å²) >= 11 is 1.73. The highest BCUT2D eigenvalue weighted by molar-refractivity contribution is 7.15. The first-order chi connectivity index (χ1) is 8.80. The fourth-order valence-electron chi connectivity index (χ4n) is 2.11. The SMILES string of the molecule is Cc1ccccc1-c1nc(C(C)(C)C)c(C(C)N)s1. The van der Waals surface area contributed by atoms with Gasteiger partial charge in [-0.05, 0) is 19.4 Å². The molecule has 3 heteroatoms. The van der Waals surface area contributed by atoms with Gasteiger partial charge in [0, 0.05) is 21.9 Å². The van der Waals surface area contributed by atoms with Crippen LogP contribution in [0.4, 0.5) is 0 Å². The van der Waals surface area contributed by atoms with Crippen LogP contribution in [0.5, 0.6) is 0 Å². The Morgan fingerprint density at radius 1 is 1.21 bits per heavy atom. The molecule has 0 aliphatic carbocycles. The number of thiazole rings is 1. The lowest BCUT2D eigenvalue weighted by atomic mass is 9.90. The molecule has 19 heavy (non-hydrogen) atoms. The summed E-state index contributed by atoms with van der Waals surface area (Å²) in [4.78, 5) is 6.07. The van der Waals surface area contributed by atoms with Gasteiger partial charge in [-0.3, -0.25) is 0 Å². The molecule has 1 aromatic carbocycles. The largest absolute Gasteiger partial charge is 0.323 e. The molecular formula is C16H22N2S. The lowest BCUT2D eigenvalue weighted by molar-refractivity contribution is 0.561. The normalized spacial score (nSPS) is 13.6. The van der Waals surface area contributed by atoms with Gasteiger partial charge >= 0.3 is 0 Å². The smallest absolute Gasteiger partial charge is 0.124 e. The molecule has 0 radical (unpaired) electrons. The van der Waals surface area contributed by atoms with E-state index in [-0.39, 0.29) is 11.5 Å². The summed E-state index contributed by atoms with van der Waals surface area (Å²) in [5.41, 5.74) is 9.74. The van der Waals surface area contributed by atoms with Crippen LogP contribution in [0.25, 0.3) is 10.6 Å². The van der Waals surface area contributed by atoms with E-state index < -0.39 is 0 Å². The van der Waals surface area contributed by atoms with Gasteiger partial charge in [-0.25, -0.2) is 4.98 Å². The Hall–Kier alpha value is -1.19. The third-order valence-corrected chi connectivity index (χ3v) is 4.44. The van der Waals surface area contributed by atoms with E-state index in [1.165, 1.54) is 16.0 Å². The number of nitrogens with two attached hydrogens (primary N) is 1. The van der Waals surface area contributed by atoms with Crippen LogP contribution in [-0.2, 0) is 5.41 Å². The quantitative estimate of drug-likeness (QED) is 0.879. The van der Waals surface area contributed by atoms with E-state index in [0.717, 1.165) is 10.7 Å². The molecule has 1 aromatic heterocycles. The Bertz CT molecular complexity index is 577. The molecule has 1 unspecified atom stereocenters. The Balaban J connectivity index is 2.59. The van der Waals surface area contributed by atoms with Crippen molar-refractivity contribution in [3.05, 3.63) is 40.4 Å². The van der Waals surface area contributed by atoms with Crippen molar-refractivity contribution in [3.63, 3.8) is 0 Å². The monoisotopic (exact) mass is 274 g/mol. The molecule has 0 saturated heterocycles. The molecule has 2 rings (SSSR count). The van der Waals surface area contributed by atoms with Crippen LogP contribution in [0, 0.1) is 6.92 Å². The van der Waals surface area contributed by atoms with Gasteiger partial charge in [0.25, 0.3) is 0 Å². The van der Waals surface area contributed by atoms with Crippen LogP contribution in [0.3, 0.4) is 0 Å². The highest BCUT2D eigenvalue weighted by atomic mass is 32.1. The summed E-state index contributed by atoms with van der Waals surface area (Å²) in [6.45, 7) is 10.7. The van der Waals surface area contributed by atoms with Crippen molar-refractivity contribution in [3.8, 4) is 10.6 Å². The molecule has 0 saturated carbocycles. The average molecular weight is 274 g/mol. The minimum absolute atomic E-state index is 0.0282. The van der Waals surface area contributed by atoms with Crippen LogP contribution >= 0.6 is 11.3 Å². The number of aryl methyl sites for hydroxylation is 1. The molecule has 0 amide bonds.